The molecule has 4 heteroatoms. The summed E-state index contributed by atoms with van der Waals surface area (Å²) in [6, 6.07) is 0. The van der Waals surface area contributed by atoms with E-state index < -0.39 is 0 Å². The number of thioether (sulfide) groups is 1. The number of nitrogens with one attached hydrogen (secondary N) is 1. The first-order valence-corrected chi connectivity index (χ1v) is 7.53. The molecule has 0 saturated heterocycles. The fourth-order valence-electron chi connectivity index (χ4n) is 1.09. The van der Waals surface area contributed by atoms with Gasteiger partial charge in [0.05, 0.1) is 0 Å². The minimum absolute atomic E-state index is 0.177. The monoisotopic (exact) mass is 258 g/mol. The molecule has 1 aromatic rings. The van der Waals surface area contributed by atoms with Crippen molar-refractivity contribution in [2.24, 2.45) is 0 Å². The molecule has 0 spiro atoms. The minimum atomic E-state index is 0.177. The van der Waals surface area contributed by atoms with Crippen LogP contribution in [0.2, 0.25) is 0 Å². The Morgan fingerprint density at radius 1 is 1.44 bits per heavy atom. The van der Waals surface area contributed by atoms with Crippen LogP contribution < -0.4 is 5.32 Å². The van der Waals surface area contributed by atoms with Gasteiger partial charge >= 0.3 is 0 Å². The molecule has 92 valence electrons. The maximum atomic E-state index is 4.45. The lowest BCUT2D eigenvalue weighted by molar-refractivity contribution is 0.426. The van der Waals surface area contributed by atoms with Crippen molar-refractivity contribution in [2.75, 3.05) is 0 Å². The molecule has 0 amide bonds. The molecule has 0 radical (unpaired) electrons. The average molecular weight is 258 g/mol. The van der Waals surface area contributed by atoms with Crippen LogP contribution in [0, 0.1) is 0 Å². The molecule has 1 rings (SSSR count). The fraction of sp³-hybridized carbons (Fsp3) is 0.750. The smallest absolute Gasteiger partial charge is 0.103 e. The van der Waals surface area contributed by atoms with E-state index in [1.807, 2.05) is 29.3 Å². The molecule has 1 aromatic heterocycles. The van der Waals surface area contributed by atoms with Gasteiger partial charge in [0.1, 0.15) is 5.01 Å². The van der Waals surface area contributed by atoms with Gasteiger partial charge in [-0.3, -0.25) is 0 Å². The van der Waals surface area contributed by atoms with E-state index in [4.69, 9.17) is 0 Å². The molecule has 1 heterocycles. The zero-order valence-corrected chi connectivity index (χ0v) is 12.5. The van der Waals surface area contributed by atoms with Crippen molar-refractivity contribution in [1.29, 1.82) is 0 Å². The van der Waals surface area contributed by atoms with Gasteiger partial charge in [-0.25, -0.2) is 4.98 Å². The van der Waals surface area contributed by atoms with Crippen molar-refractivity contribution >= 4 is 23.1 Å². The van der Waals surface area contributed by atoms with Crippen LogP contribution in [0.15, 0.2) is 6.20 Å². The Morgan fingerprint density at radius 2 is 2.12 bits per heavy atom. The largest absolute Gasteiger partial charge is 0.307 e. The molecule has 0 atom stereocenters. The topological polar surface area (TPSA) is 24.9 Å². The van der Waals surface area contributed by atoms with Gasteiger partial charge in [-0.15, -0.1) is 11.3 Å². The molecule has 16 heavy (non-hydrogen) atoms. The standard InChI is InChI=1S/C12H22N2S2/c1-9(2)15-8-11-13-6-10(16-11)7-14-12(3,4)5/h6,9,14H,7-8H2,1-5H3. The zero-order valence-electron chi connectivity index (χ0n) is 10.8. The van der Waals surface area contributed by atoms with Crippen LogP contribution in [0.3, 0.4) is 0 Å². The summed E-state index contributed by atoms with van der Waals surface area (Å²) in [5, 5.41) is 5.40. The van der Waals surface area contributed by atoms with Crippen molar-refractivity contribution in [3.8, 4) is 0 Å². The van der Waals surface area contributed by atoms with Crippen LogP contribution in [0.4, 0.5) is 0 Å². The highest BCUT2D eigenvalue weighted by Gasteiger charge is 2.10. The Kier molecular flexibility index (Phi) is 5.28. The summed E-state index contributed by atoms with van der Waals surface area (Å²) in [5.41, 5.74) is 0.177. The molecular formula is C12H22N2S2. The molecule has 0 aliphatic heterocycles. The van der Waals surface area contributed by atoms with E-state index in [0.29, 0.717) is 5.25 Å². The van der Waals surface area contributed by atoms with Gasteiger partial charge in [0.15, 0.2) is 0 Å². The number of rotatable bonds is 5. The first kappa shape index (κ1) is 14.0. The van der Waals surface area contributed by atoms with Crippen molar-refractivity contribution in [3.63, 3.8) is 0 Å². The Balaban J connectivity index is 2.39. The summed E-state index contributed by atoms with van der Waals surface area (Å²) in [6.45, 7) is 11.9. The van der Waals surface area contributed by atoms with E-state index in [-0.39, 0.29) is 5.54 Å². The van der Waals surface area contributed by atoms with Crippen LogP contribution in [-0.2, 0) is 12.3 Å². The minimum Gasteiger partial charge on any atom is -0.307 e. The second-order valence-electron chi connectivity index (χ2n) is 5.18. The van der Waals surface area contributed by atoms with Gasteiger partial charge in [-0.2, -0.15) is 11.8 Å². The summed E-state index contributed by atoms with van der Waals surface area (Å²) in [6.07, 6.45) is 2.00. The van der Waals surface area contributed by atoms with Crippen molar-refractivity contribution in [1.82, 2.24) is 10.3 Å². The molecule has 2 nitrogen and oxygen atoms in total. The Morgan fingerprint density at radius 3 is 2.69 bits per heavy atom. The third-order valence-electron chi connectivity index (χ3n) is 1.93. The number of hydrogen-bond donors (Lipinski definition) is 1. The van der Waals surface area contributed by atoms with Gasteiger partial charge in [-0.05, 0) is 26.0 Å². The van der Waals surface area contributed by atoms with Crippen LogP contribution in [0.5, 0.6) is 0 Å². The zero-order chi connectivity index (χ0) is 12.2. The second-order valence-corrected chi connectivity index (χ2v) is 7.95. The molecular weight excluding hydrogens is 236 g/mol. The Hall–Kier alpha value is -0.0600. The lowest BCUT2D eigenvalue weighted by atomic mass is 10.1. The van der Waals surface area contributed by atoms with E-state index >= 15 is 0 Å². The molecule has 0 bridgehead atoms. The van der Waals surface area contributed by atoms with E-state index in [1.165, 1.54) is 9.88 Å². The van der Waals surface area contributed by atoms with E-state index in [2.05, 4.69) is 44.9 Å². The molecule has 0 unspecified atom stereocenters. The second kappa shape index (κ2) is 6.03. The normalized spacial score (nSPS) is 12.4. The molecule has 0 fully saturated rings. The molecule has 0 aliphatic rings. The fourth-order valence-corrected chi connectivity index (χ4v) is 2.73. The predicted octanol–water partition coefficient (Wildman–Crippen LogP) is 3.67. The number of aromatic nitrogens is 1. The number of thiazole rings is 1. The van der Waals surface area contributed by atoms with Crippen LogP contribution in [0.25, 0.3) is 0 Å². The molecule has 0 saturated carbocycles. The highest BCUT2D eigenvalue weighted by molar-refractivity contribution is 7.99. The van der Waals surface area contributed by atoms with Gasteiger partial charge in [-0.1, -0.05) is 13.8 Å². The van der Waals surface area contributed by atoms with Gasteiger partial charge in [0.2, 0.25) is 0 Å². The number of nitrogens with zero attached hydrogens (tertiary/aromatic N) is 1. The first-order chi connectivity index (χ1) is 7.37. The summed E-state index contributed by atoms with van der Waals surface area (Å²) in [4.78, 5) is 5.77. The van der Waals surface area contributed by atoms with Crippen LogP contribution in [0.1, 0.15) is 44.5 Å². The average Bonchev–Trinajstić information content (AvgIpc) is 2.58. The molecule has 0 aliphatic carbocycles. The van der Waals surface area contributed by atoms with E-state index in [0.717, 1.165) is 12.3 Å². The third kappa shape index (κ3) is 5.87. The van der Waals surface area contributed by atoms with E-state index in [9.17, 15) is 0 Å². The summed E-state index contributed by atoms with van der Waals surface area (Å²) < 4.78 is 0. The molecule has 0 aromatic carbocycles. The van der Waals surface area contributed by atoms with Gasteiger partial charge < -0.3 is 5.32 Å². The quantitative estimate of drug-likeness (QED) is 0.872. The van der Waals surface area contributed by atoms with Crippen molar-refractivity contribution in [3.05, 3.63) is 16.1 Å². The third-order valence-corrected chi connectivity index (χ3v) is 4.22. The van der Waals surface area contributed by atoms with Crippen molar-refractivity contribution in [2.45, 2.75) is 57.7 Å². The van der Waals surface area contributed by atoms with Crippen LogP contribution in [-0.4, -0.2) is 15.8 Å². The summed E-state index contributed by atoms with van der Waals surface area (Å²) in [5.74, 6) is 1.04. The lowest BCUT2D eigenvalue weighted by Gasteiger charge is -2.19. The summed E-state index contributed by atoms with van der Waals surface area (Å²) >= 11 is 3.77. The van der Waals surface area contributed by atoms with Gasteiger partial charge in [0, 0.05) is 28.9 Å². The SMILES string of the molecule is CC(C)SCc1ncc(CNC(C)(C)C)s1. The van der Waals surface area contributed by atoms with Crippen LogP contribution >= 0.6 is 23.1 Å². The van der Waals surface area contributed by atoms with E-state index in [1.54, 1.807) is 0 Å². The molecule has 1 N–H and O–H groups in total. The maximum absolute atomic E-state index is 4.45. The lowest BCUT2D eigenvalue weighted by Crippen LogP contribution is -2.34. The van der Waals surface area contributed by atoms with Crippen molar-refractivity contribution < 1.29 is 0 Å². The first-order valence-electron chi connectivity index (χ1n) is 5.67. The Labute approximate surface area is 107 Å². The highest BCUT2D eigenvalue weighted by atomic mass is 32.2. The Bertz CT molecular complexity index is 313. The predicted molar refractivity (Wildman–Crippen MR) is 75.1 cm³/mol. The van der Waals surface area contributed by atoms with Gasteiger partial charge in [0.25, 0.3) is 0 Å². The number of hydrogen-bond acceptors (Lipinski definition) is 4. The maximum Gasteiger partial charge on any atom is 0.103 e. The highest BCUT2D eigenvalue weighted by Crippen LogP contribution is 2.21. The summed E-state index contributed by atoms with van der Waals surface area (Å²) in [7, 11) is 0.